The lowest BCUT2D eigenvalue weighted by molar-refractivity contribution is 0.0794. The first-order chi connectivity index (χ1) is 9.85. The van der Waals surface area contributed by atoms with Gasteiger partial charge in [-0.15, -0.1) is 0 Å². The van der Waals surface area contributed by atoms with E-state index in [1.807, 2.05) is 0 Å². The molecule has 2 nitrogen and oxygen atoms in total. The van der Waals surface area contributed by atoms with E-state index in [0.717, 1.165) is 12.3 Å². The van der Waals surface area contributed by atoms with Crippen LogP contribution in [0.4, 0.5) is 0 Å². The van der Waals surface area contributed by atoms with Crippen LogP contribution in [0.1, 0.15) is 48.8 Å². The van der Waals surface area contributed by atoms with Crippen LogP contribution >= 0.6 is 0 Å². The van der Waals surface area contributed by atoms with Crippen molar-refractivity contribution in [3.8, 4) is 0 Å². The summed E-state index contributed by atoms with van der Waals surface area (Å²) in [6, 6.07) is 7.53. The van der Waals surface area contributed by atoms with E-state index in [1.165, 1.54) is 50.6 Å². The molecule has 1 saturated heterocycles. The van der Waals surface area contributed by atoms with Gasteiger partial charge in [0.15, 0.2) is 0 Å². The van der Waals surface area contributed by atoms with Gasteiger partial charge >= 0.3 is 0 Å². The molecule has 108 valence electrons. The van der Waals surface area contributed by atoms with Gasteiger partial charge in [-0.25, -0.2) is 0 Å². The zero-order chi connectivity index (χ0) is 13.6. The molecule has 1 heterocycles. The molecule has 1 aromatic rings. The van der Waals surface area contributed by atoms with E-state index >= 15 is 0 Å². The monoisotopic (exact) mass is 271 g/mol. The highest BCUT2D eigenvalue weighted by Gasteiger charge is 2.51. The minimum absolute atomic E-state index is 0.269. The quantitative estimate of drug-likeness (QED) is 0.866. The number of hydrogen-bond donors (Lipinski definition) is 2. The summed E-state index contributed by atoms with van der Waals surface area (Å²) in [7, 11) is 0. The van der Waals surface area contributed by atoms with Crippen LogP contribution in [0.3, 0.4) is 0 Å². The number of rotatable bonds is 2. The molecule has 2 heteroatoms. The summed E-state index contributed by atoms with van der Waals surface area (Å²) in [5, 5.41) is 13.1. The molecule has 1 aliphatic heterocycles. The van der Waals surface area contributed by atoms with Gasteiger partial charge in [0.1, 0.15) is 0 Å². The molecule has 1 aromatic carbocycles. The molecule has 0 radical (unpaired) electrons. The summed E-state index contributed by atoms with van der Waals surface area (Å²) in [4.78, 5) is 0. The summed E-state index contributed by atoms with van der Waals surface area (Å²) >= 11 is 0. The molecule has 2 N–H and O–H groups in total. The Morgan fingerprint density at radius 3 is 3.10 bits per heavy atom. The first-order valence-electron chi connectivity index (χ1n) is 8.31. The SMILES string of the molecule is OCCc1cccc2c1C[C@H]1NCC[C@@]23CCCC[C@@H]13. The summed E-state index contributed by atoms with van der Waals surface area (Å²) in [6.45, 7) is 1.45. The molecule has 0 spiro atoms. The van der Waals surface area contributed by atoms with Crippen LogP contribution in [0.5, 0.6) is 0 Å². The minimum atomic E-state index is 0.269. The highest BCUT2D eigenvalue weighted by atomic mass is 16.2. The predicted octanol–water partition coefficient (Wildman–Crippen LogP) is 2.57. The molecule has 3 aliphatic rings. The molecule has 1 saturated carbocycles. The third-order valence-corrected chi connectivity index (χ3v) is 6.18. The molecular weight excluding hydrogens is 246 g/mol. The third-order valence-electron chi connectivity index (χ3n) is 6.18. The fourth-order valence-electron chi connectivity index (χ4n) is 5.39. The van der Waals surface area contributed by atoms with Crippen molar-refractivity contribution in [2.24, 2.45) is 5.92 Å². The van der Waals surface area contributed by atoms with Crippen LogP contribution in [0.15, 0.2) is 18.2 Å². The molecule has 2 aliphatic carbocycles. The fraction of sp³-hybridized carbons (Fsp3) is 0.667. The van der Waals surface area contributed by atoms with Gasteiger partial charge in [0.05, 0.1) is 0 Å². The Morgan fingerprint density at radius 2 is 2.20 bits per heavy atom. The Balaban J connectivity index is 1.86. The Labute approximate surface area is 121 Å². The second-order valence-electron chi connectivity index (χ2n) is 6.94. The van der Waals surface area contributed by atoms with E-state index in [-0.39, 0.29) is 6.61 Å². The first-order valence-corrected chi connectivity index (χ1v) is 8.31. The number of aliphatic hydroxyl groups is 1. The van der Waals surface area contributed by atoms with Crippen LogP contribution in [-0.2, 0) is 18.3 Å². The molecule has 0 aromatic heterocycles. The maximum absolute atomic E-state index is 9.34. The van der Waals surface area contributed by atoms with Crippen molar-refractivity contribution in [1.29, 1.82) is 0 Å². The van der Waals surface area contributed by atoms with Gasteiger partial charge in [-0.3, -0.25) is 0 Å². The number of hydrogen-bond acceptors (Lipinski definition) is 2. The van der Waals surface area contributed by atoms with Gasteiger partial charge in [0.25, 0.3) is 0 Å². The van der Waals surface area contributed by atoms with E-state index in [4.69, 9.17) is 0 Å². The van der Waals surface area contributed by atoms with Gasteiger partial charge in [0.2, 0.25) is 0 Å². The van der Waals surface area contributed by atoms with Crippen LogP contribution in [0, 0.1) is 5.92 Å². The standard InChI is InChI=1S/C18H25NO/c20-11-7-13-4-3-6-15-14(13)12-17-16-5-1-2-8-18(15,16)9-10-19-17/h3-4,6,16-17,19-20H,1-2,5,7-12H2/t16-,17+,18-/m0/s1. The third kappa shape index (κ3) is 1.71. The van der Waals surface area contributed by atoms with Crippen LogP contribution < -0.4 is 5.32 Å². The van der Waals surface area contributed by atoms with Crippen molar-refractivity contribution in [2.75, 3.05) is 13.2 Å². The van der Waals surface area contributed by atoms with Gasteiger partial charge in [-0.05, 0) is 61.3 Å². The summed E-state index contributed by atoms with van der Waals surface area (Å²) in [5.74, 6) is 0.849. The van der Waals surface area contributed by atoms with Crippen LogP contribution in [0.2, 0.25) is 0 Å². The van der Waals surface area contributed by atoms with E-state index in [1.54, 1.807) is 11.1 Å². The molecule has 20 heavy (non-hydrogen) atoms. The summed E-state index contributed by atoms with van der Waals surface area (Å²) in [5.41, 5.74) is 5.05. The number of fused-ring (bicyclic) bond motifs is 1. The Kier molecular flexibility index (Phi) is 3.12. The Hall–Kier alpha value is -0.860. The fourth-order valence-corrected chi connectivity index (χ4v) is 5.39. The highest BCUT2D eigenvalue weighted by Crippen LogP contribution is 2.54. The molecule has 2 fully saturated rings. The van der Waals surface area contributed by atoms with Crippen molar-refractivity contribution < 1.29 is 5.11 Å². The number of aliphatic hydroxyl groups excluding tert-OH is 1. The maximum atomic E-state index is 9.34. The second kappa shape index (κ2) is 4.85. The smallest absolute Gasteiger partial charge is 0.0471 e. The average Bonchev–Trinajstić information content (AvgIpc) is 2.48. The lowest BCUT2D eigenvalue weighted by atomic mass is 9.52. The first kappa shape index (κ1) is 12.8. The van der Waals surface area contributed by atoms with Crippen LogP contribution in [0.25, 0.3) is 0 Å². The lowest BCUT2D eigenvalue weighted by Gasteiger charge is -2.56. The van der Waals surface area contributed by atoms with Crippen LogP contribution in [-0.4, -0.2) is 24.3 Å². The van der Waals surface area contributed by atoms with E-state index < -0.39 is 0 Å². The van der Waals surface area contributed by atoms with Crippen molar-refractivity contribution >= 4 is 0 Å². The largest absolute Gasteiger partial charge is 0.396 e. The normalized spacial score (nSPS) is 35.2. The average molecular weight is 271 g/mol. The van der Waals surface area contributed by atoms with Crippen molar-refractivity contribution in [2.45, 2.75) is 56.4 Å². The zero-order valence-corrected chi connectivity index (χ0v) is 12.2. The lowest BCUT2D eigenvalue weighted by Crippen LogP contribution is -2.59. The maximum Gasteiger partial charge on any atom is 0.0471 e. The minimum Gasteiger partial charge on any atom is -0.396 e. The molecular formula is C18H25NO. The molecule has 3 atom stereocenters. The highest BCUT2D eigenvalue weighted by molar-refractivity contribution is 5.45. The number of piperidine rings is 1. The molecule has 4 rings (SSSR count). The topological polar surface area (TPSA) is 32.3 Å². The predicted molar refractivity (Wildman–Crippen MR) is 81.0 cm³/mol. The van der Waals surface area contributed by atoms with Crippen molar-refractivity contribution in [3.63, 3.8) is 0 Å². The van der Waals surface area contributed by atoms with E-state index in [0.29, 0.717) is 11.5 Å². The van der Waals surface area contributed by atoms with Gasteiger partial charge in [-0.2, -0.15) is 0 Å². The van der Waals surface area contributed by atoms with Gasteiger partial charge in [-0.1, -0.05) is 31.0 Å². The number of benzene rings is 1. The second-order valence-corrected chi connectivity index (χ2v) is 6.94. The number of nitrogens with one attached hydrogen (secondary N) is 1. The van der Waals surface area contributed by atoms with Gasteiger partial charge < -0.3 is 10.4 Å². The van der Waals surface area contributed by atoms with Crippen molar-refractivity contribution in [1.82, 2.24) is 5.32 Å². The zero-order valence-electron chi connectivity index (χ0n) is 12.2. The van der Waals surface area contributed by atoms with Gasteiger partial charge in [0, 0.05) is 18.1 Å². The Morgan fingerprint density at radius 1 is 1.25 bits per heavy atom. The Bertz CT molecular complexity index is 508. The van der Waals surface area contributed by atoms with E-state index in [2.05, 4.69) is 23.5 Å². The van der Waals surface area contributed by atoms with E-state index in [9.17, 15) is 5.11 Å². The molecule has 2 bridgehead atoms. The molecule has 0 unspecified atom stereocenters. The summed E-state index contributed by atoms with van der Waals surface area (Å²) in [6.07, 6.45) is 8.90. The molecule has 0 amide bonds. The van der Waals surface area contributed by atoms with Crippen molar-refractivity contribution in [3.05, 3.63) is 34.9 Å². The summed E-state index contributed by atoms with van der Waals surface area (Å²) < 4.78 is 0.